The van der Waals surface area contributed by atoms with Crippen LogP contribution in [-0.2, 0) is 6.42 Å². The molecule has 0 saturated heterocycles. The number of carboxylic acids is 1. The first-order valence-corrected chi connectivity index (χ1v) is 6.63. The van der Waals surface area contributed by atoms with Gasteiger partial charge in [-0.15, -0.1) is 0 Å². The molecule has 0 spiro atoms. The normalized spacial score (nSPS) is 15.1. The zero-order valence-corrected chi connectivity index (χ0v) is 11.8. The van der Waals surface area contributed by atoms with Crippen molar-refractivity contribution in [3.05, 3.63) is 47.8 Å². The van der Waals surface area contributed by atoms with Crippen LogP contribution < -0.4 is 9.47 Å². The van der Waals surface area contributed by atoms with Gasteiger partial charge >= 0.3 is 5.97 Å². The van der Waals surface area contributed by atoms with Crippen molar-refractivity contribution in [3.8, 4) is 17.2 Å². The fraction of sp³-hybridized carbons (Fsp3) is 0.250. The van der Waals surface area contributed by atoms with Gasteiger partial charge in [0.05, 0.1) is 0 Å². The number of para-hydroxylation sites is 1. The predicted molar refractivity (Wildman–Crippen MR) is 76.1 cm³/mol. The summed E-state index contributed by atoms with van der Waals surface area (Å²) in [5, 5.41) is 8.96. The van der Waals surface area contributed by atoms with E-state index in [0.717, 1.165) is 17.7 Å². The monoisotopic (exact) mass is 285 g/mol. The Labute approximate surface area is 122 Å². The van der Waals surface area contributed by atoms with Crippen molar-refractivity contribution in [1.82, 2.24) is 4.98 Å². The van der Waals surface area contributed by atoms with Crippen molar-refractivity contribution in [1.29, 1.82) is 0 Å². The Kier molecular flexibility index (Phi) is 3.05. The minimum Gasteiger partial charge on any atom is -0.483 e. The standard InChI is InChI=1S/C16H15NO4/c1-16(2)9-10-4-3-5-13(14(10)21-16)20-11-6-7-17-12(8-11)15(18)19/h3-8H,9H2,1-2H3,(H,18,19). The molecule has 2 heterocycles. The summed E-state index contributed by atoms with van der Waals surface area (Å²) in [5.41, 5.74) is 0.776. The minimum absolute atomic E-state index is 0.0543. The van der Waals surface area contributed by atoms with Crippen molar-refractivity contribution in [2.24, 2.45) is 0 Å². The molecule has 5 nitrogen and oxygen atoms in total. The van der Waals surface area contributed by atoms with Crippen molar-refractivity contribution < 1.29 is 19.4 Å². The van der Waals surface area contributed by atoms with Crippen LogP contribution in [0.15, 0.2) is 36.5 Å². The lowest BCUT2D eigenvalue weighted by molar-refractivity contribution is 0.0690. The summed E-state index contributed by atoms with van der Waals surface area (Å²) in [6, 6.07) is 8.72. The number of carbonyl (C=O) groups is 1. The van der Waals surface area contributed by atoms with Crippen molar-refractivity contribution in [2.45, 2.75) is 25.9 Å². The van der Waals surface area contributed by atoms with Crippen LogP contribution in [0.2, 0.25) is 0 Å². The van der Waals surface area contributed by atoms with Gasteiger partial charge in [-0.05, 0) is 26.0 Å². The van der Waals surface area contributed by atoms with Gasteiger partial charge in [0, 0.05) is 24.2 Å². The highest BCUT2D eigenvalue weighted by molar-refractivity contribution is 5.85. The Bertz CT molecular complexity index is 709. The van der Waals surface area contributed by atoms with Gasteiger partial charge in [0.2, 0.25) is 0 Å². The maximum absolute atomic E-state index is 10.9. The van der Waals surface area contributed by atoms with Crippen molar-refractivity contribution in [2.75, 3.05) is 0 Å². The van der Waals surface area contributed by atoms with Gasteiger partial charge in [-0.3, -0.25) is 0 Å². The van der Waals surface area contributed by atoms with Crippen LogP contribution in [0.5, 0.6) is 17.2 Å². The van der Waals surface area contributed by atoms with E-state index in [1.54, 1.807) is 12.1 Å². The second-order valence-corrected chi connectivity index (χ2v) is 5.57. The van der Waals surface area contributed by atoms with Gasteiger partial charge in [0.15, 0.2) is 17.2 Å². The second kappa shape index (κ2) is 4.77. The molecule has 3 rings (SSSR count). The van der Waals surface area contributed by atoms with E-state index in [9.17, 15) is 4.79 Å². The second-order valence-electron chi connectivity index (χ2n) is 5.57. The van der Waals surface area contributed by atoms with E-state index in [1.807, 2.05) is 26.0 Å². The van der Waals surface area contributed by atoms with Crippen molar-refractivity contribution >= 4 is 5.97 Å². The van der Waals surface area contributed by atoms with Gasteiger partial charge in [-0.1, -0.05) is 12.1 Å². The molecule has 1 aromatic carbocycles. The fourth-order valence-corrected chi connectivity index (χ4v) is 2.39. The SMILES string of the molecule is CC1(C)Cc2cccc(Oc3ccnc(C(=O)O)c3)c2O1. The largest absolute Gasteiger partial charge is 0.483 e. The number of nitrogens with zero attached hydrogens (tertiary/aromatic N) is 1. The molecular formula is C16H15NO4. The Hall–Kier alpha value is -2.56. The molecule has 2 aromatic rings. The smallest absolute Gasteiger partial charge is 0.354 e. The molecule has 1 aromatic heterocycles. The van der Waals surface area contributed by atoms with Crippen LogP contribution in [0.4, 0.5) is 0 Å². The Balaban J connectivity index is 1.92. The number of pyridine rings is 1. The van der Waals surface area contributed by atoms with E-state index < -0.39 is 5.97 Å². The topological polar surface area (TPSA) is 68.7 Å². The third-order valence-corrected chi connectivity index (χ3v) is 3.23. The van der Waals surface area contributed by atoms with E-state index >= 15 is 0 Å². The minimum atomic E-state index is -1.09. The summed E-state index contributed by atoms with van der Waals surface area (Å²) >= 11 is 0. The Morgan fingerprint density at radius 2 is 2.19 bits per heavy atom. The van der Waals surface area contributed by atoms with Gasteiger partial charge < -0.3 is 14.6 Å². The highest BCUT2D eigenvalue weighted by Gasteiger charge is 2.32. The summed E-state index contributed by atoms with van der Waals surface area (Å²) in [7, 11) is 0. The molecule has 0 unspecified atom stereocenters. The maximum atomic E-state index is 10.9. The number of benzene rings is 1. The van der Waals surface area contributed by atoms with Crippen LogP contribution in [0.1, 0.15) is 29.9 Å². The third kappa shape index (κ3) is 2.67. The number of aromatic carboxylic acids is 1. The zero-order chi connectivity index (χ0) is 15.0. The van der Waals surface area contributed by atoms with Crippen LogP contribution in [0, 0.1) is 0 Å². The summed E-state index contributed by atoms with van der Waals surface area (Å²) in [4.78, 5) is 14.7. The number of fused-ring (bicyclic) bond motifs is 1. The van der Waals surface area contributed by atoms with Gasteiger partial charge in [-0.25, -0.2) is 9.78 Å². The van der Waals surface area contributed by atoms with Crippen LogP contribution >= 0.6 is 0 Å². The molecule has 0 bridgehead atoms. The zero-order valence-electron chi connectivity index (χ0n) is 11.8. The highest BCUT2D eigenvalue weighted by Crippen LogP contribution is 2.43. The number of carboxylic acid groups (broad SMARTS) is 1. The third-order valence-electron chi connectivity index (χ3n) is 3.23. The van der Waals surface area contributed by atoms with Gasteiger partial charge in [-0.2, -0.15) is 0 Å². The highest BCUT2D eigenvalue weighted by atomic mass is 16.5. The van der Waals surface area contributed by atoms with E-state index in [4.69, 9.17) is 14.6 Å². The van der Waals surface area contributed by atoms with Gasteiger partial charge in [0.25, 0.3) is 0 Å². The predicted octanol–water partition coefficient (Wildman–Crippen LogP) is 3.29. The molecule has 0 amide bonds. The maximum Gasteiger partial charge on any atom is 0.354 e. The average molecular weight is 285 g/mol. The number of ether oxygens (including phenoxy) is 2. The fourth-order valence-electron chi connectivity index (χ4n) is 2.39. The summed E-state index contributed by atoms with van der Waals surface area (Å²) in [6.07, 6.45) is 2.23. The molecule has 0 saturated carbocycles. The molecule has 1 N–H and O–H groups in total. The molecule has 108 valence electrons. The Morgan fingerprint density at radius 1 is 1.38 bits per heavy atom. The molecule has 1 aliphatic rings. The van der Waals surface area contributed by atoms with E-state index in [1.165, 1.54) is 12.3 Å². The number of hydrogen-bond donors (Lipinski definition) is 1. The van der Waals surface area contributed by atoms with E-state index in [-0.39, 0.29) is 11.3 Å². The van der Waals surface area contributed by atoms with E-state index in [2.05, 4.69) is 4.98 Å². The molecule has 0 atom stereocenters. The number of rotatable bonds is 3. The average Bonchev–Trinajstić information content (AvgIpc) is 2.74. The van der Waals surface area contributed by atoms with Crippen LogP contribution in [-0.4, -0.2) is 21.7 Å². The summed E-state index contributed by atoms with van der Waals surface area (Å²) < 4.78 is 11.7. The lowest BCUT2D eigenvalue weighted by Crippen LogP contribution is -2.24. The lowest BCUT2D eigenvalue weighted by atomic mass is 10.0. The molecule has 21 heavy (non-hydrogen) atoms. The van der Waals surface area contributed by atoms with Crippen LogP contribution in [0.25, 0.3) is 0 Å². The Morgan fingerprint density at radius 3 is 2.95 bits per heavy atom. The molecular weight excluding hydrogens is 270 g/mol. The van der Waals surface area contributed by atoms with Crippen LogP contribution in [0.3, 0.4) is 0 Å². The summed E-state index contributed by atoms with van der Waals surface area (Å²) in [6.45, 7) is 4.04. The first-order valence-electron chi connectivity index (χ1n) is 6.63. The van der Waals surface area contributed by atoms with Crippen molar-refractivity contribution in [3.63, 3.8) is 0 Å². The first kappa shape index (κ1) is 13.4. The molecule has 0 radical (unpaired) electrons. The summed E-state index contributed by atoms with van der Waals surface area (Å²) in [5.74, 6) is 0.636. The number of hydrogen-bond acceptors (Lipinski definition) is 4. The molecule has 0 fully saturated rings. The van der Waals surface area contributed by atoms with Gasteiger partial charge in [0.1, 0.15) is 11.4 Å². The molecule has 1 aliphatic heterocycles. The van der Waals surface area contributed by atoms with E-state index in [0.29, 0.717) is 11.5 Å². The number of aromatic nitrogens is 1. The lowest BCUT2D eigenvalue weighted by Gasteiger charge is -2.18. The molecule has 0 aliphatic carbocycles. The molecule has 5 heteroatoms. The quantitative estimate of drug-likeness (QED) is 0.937. The first-order chi connectivity index (χ1) is 9.94.